The number of aromatic nitrogens is 1. The van der Waals surface area contributed by atoms with Gasteiger partial charge in [0.1, 0.15) is 11.9 Å². The van der Waals surface area contributed by atoms with E-state index in [1.807, 2.05) is 0 Å². The summed E-state index contributed by atoms with van der Waals surface area (Å²) in [6.45, 7) is 0. The average molecular weight is 339 g/mol. The van der Waals surface area contributed by atoms with Gasteiger partial charge in [-0.25, -0.2) is 9.18 Å². The highest BCUT2D eigenvalue weighted by Crippen LogP contribution is 2.36. The summed E-state index contributed by atoms with van der Waals surface area (Å²) < 4.78 is 18.9. The van der Waals surface area contributed by atoms with Crippen LogP contribution in [0.25, 0.3) is 10.9 Å². The number of esters is 1. The second-order valence-electron chi connectivity index (χ2n) is 6.44. The minimum atomic E-state index is -0.318. The minimum absolute atomic E-state index is 0. The van der Waals surface area contributed by atoms with Gasteiger partial charge in [-0.1, -0.05) is 0 Å². The van der Waals surface area contributed by atoms with Crippen LogP contribution < -0.4 is 0 Å². The number of halogens is 2. The standard InChI is InChI=1S/C17H19FN2O2.ClH/c1-20-11-3-4-12(20)8-13(7-11)22-17(21)15-9-19-16-6-10(18)2-5-14(15)16;/h2,5-6,9,11-13,19H,3-4,7-8H2,1H3;1H/t11-,12+,13+;. The van der Waals surface area contributed by atoms with Crippen molar-refractivity contribution in [2.24, 2.45) is 0 Å². The zero-order valence-electron chi connectivity index (χ0n) is 12.9. The zero-order valence-corrected chi connectivity index (χ0v) is 13.7. The number of rotatable bonds is 2. The normalized spacial score (nSPS) is 27.0. The van der Waals surface area contributed by atoms with Crippen molar-refractivity contribution in [2.75, 3.05) is 7.05 Å². The summed E-state index contributed by atoms with van der Waals surface area (Å²) in [5, 5.41) is 0.710. The van der Waals surface area contributed by atoms with Gasteiger partial charge in [-0.2, -0.15) is 0 Å². The number of aromatic amines is 1. The van der Waals surface area contributed by atoms with E-state index in [0.717, 1.165) is 12.8 Å². The number of nitrogens with one attached hydrogen (secondary N) is 1. The first-order chi connectivity index (χ1) is 10.6. The molecule has 2 saturated heterocycles. The quantitative estimate of drug-likeness (QED) is 0.852. The Kier molecular flexibility index (Phi) is 4.34. The molecule has 1 aromatic heterocycles. The molecule has 6 heteroatoms. The maximum atomic E-state index is 13.2. The number of fused-ring (bicyclic) bond motifs is 3. The number of carbonyl (C=O) groups excluding carboxylic acids is 1. The van der Waals surface area contributed by atoms with E-state index in [2.05, 4.69) is 16.9 Å². The lowest BCUT2D eigenvalue weighted by molar-refractivity contribution is -0.000260. The van der Waals surface area contributed by atoms with Crippen LogP contribution in [0.5, 0.6) is 0 Å². The van der Waals surface area contributed by atoms with Crippen molar-refractivity contribution in [3.05, 3.63) is 35.8 Å². The third-order valence-electron chi connectivity index (χ3n) is 5.19. The van der Waals surface area contributed by atoms with Gasteiger partial charge in [0.15, 0.2) is 0 Å². The fourth-order valence-corrected chi connectivity index (χ4v) is 3.94. The third kappa shape index (κ3) is 2.83. The maximum absolute atomic E-state index is 13.2. The van der Waals surface area contributed by atoms with E-state index in [0.29, 0.717) is 28.6 Å². The lowest BCUT2D eigenvalue weighted by atomic mass is 10.0. The van der Waals surface area contributed by atoms with Gasteiger partial charge in [0.2, 0.25) is 0 Å². The highest BCUT2D eigenvalue weighted by Gasteiger charge is 2.40. The molecule has 124 valence electrons. The van der Waals surface area contributed by atoms with Gasteiger partial charge in [-0.05, 0) is 38.1 Å². The average Bonchev–Trinajstić information content (AvgIpc) is 2.97. The van der Waals surface area contributed by atoms with Crippen LogP contribution in [0.3, 0.4) is 0 Å². The Morgan fingerprint density at radius 3 is 2.70 bits per heavy atom. The Labute approximate surface area is 140 Å². The Balaban J connectivity index is 0.00000156. The Hall–Kier alpha value is -1.59. The zero-order chi connectivity index (χ0) is 15.3. The Bertz CT molecular complexity index is 718. The largest absolute Gasteiger partial charge is 0.459 e. The Morgan fingerprint density at radius 2 is 2.00 bits per heavy atom. The second kappa shape index (κ2) is 6.13. The van der Waals surface area contributed by atoms with Gasteiger partial charge in [0.05, 0.1) is 5.56 Å². The SMILES string of the molecule is CN1[C@@H]2CC[C@H]1C[C@@H](OC(=O)c1c[nH]c3cc(F)ccc13)C2.Cl. The van der Waals surface area contributed by atoms with Crippen LogP contribution in [-0.4, -0.2) is 41.1 Å². The van der Waals surface area contributed by atoms with Crippen molar-refractivity contribution in [1.29, 1.82) is 0 Å². The van der Waals surface area contributed by atoms with Crippen molar-refractivity contribution in [1.82, 2.24) is 9.88 Å². The number of hydrogen-bond donors (Lipinski definition) is 1. The summed E-state index contributed by atoms with van der Waals surface area (Å²) in [5.41, 5.74) is 1.11. The van der Waals surface area contributed by atoms with Gasteiger partial charge in [-0.3, -0.25) is 0 Å². The van der Waals surface area contributed by atoms with Crippen LogP contribution in [0.4, 0.5) is 4.39 Å². The number of benzene rings is 1. The first-order valence-electron chi connectivity index (χ1n) is 7.81. The van der Waals surface area contributed by atoms with Crippen LogP contribution in [0.15, 0.2) is 24.4 Å². The minimum Gasteiger partial charge on any atom is -0.459 e. The van der Waals surface area contributed by atoms with Crippen LogP contribution in [0.1, 0.15) is 36.0 Å². The molecule has 4 nitrogen and oxygen atoms in total. The summed E-state index contributed by atoms with van der Waals surface area (Å²) in [5.74, 6) is -0.632. The van der Waals surface area contributed by atoms with Crippen molar-refractivity contribution >= 4 is 29.3 Å². The molecular weight excluding hydrogens is 319 g/mol. The molecule has 2 fully saturated rings. The number of ether oxygens (including phenoxy) is 1. The van der Waals surface area contributed by atoms with E-state index in [9.17, 15) is 9.18 Å². The Morgan fingerprint density at radius 1 is 1.30 bits per heavy atom. The first kappa shape index (κ1) is 16.3. The van der Waals surface area contributed by atoms with E-state index < -0.39 is 0 Å². The van der Waals surface area contributed by atoms with Gasteiger partial charge >= 0.3 is 5.97 Å². The lowest BCUT2D eigenvalue weighted by Crippen LogP contribution is -2.43. The van der Waals surface area contributed by atoms with E-state index in [4.69, 9.17) is 4.74 Å². The molecule has 0 spiro atoms. The molecule has 0 amide bonds. The van der Waals surface area contributed by atoms with Crippen LogP contribution in [0.2, 0.25) is 0 Å². The molecule has 0 aliphatic carbocycles. The predicted octanol–water partition coefficient (Wildman–Crippen LogP) is 3.51. The van der Waals surface area contributed by atoms with E-state index in [-0.39, 0.29) is 30.3 Å². The topological polar surface area (TPSA) is 45.3 Å². The molecule has 2 aromatic rings. The first-order valence-corrected chi connectivity index (χ1v) is 7.81. The fourth-order valence-electron chi connectivity index (χ4n) is 3.94. The molecule has 0 saturated carbocycles. The molecule has 4 rings (SSSR count). The predicted molar refractivity (Wildman–Crippen MR) is 88.5 cm³/mol. The number of carbonyl (C=O) groups is 1. The molecule has 3 heterocycles. The van der Waals surface area contributed by atoms with E-state index >= 15 is 0 Å². The van der Waals surface area contributed by atoms with Crippen LogP contribution in [0, 0.1) is 5.82 Å². The monoisotopic (exact) mass is 338 g/mol. The van der Waals surface area contributed by atoms with Crippen molar-refractivity contribution in [3.8, 4) is 0 Å². The highest BCUT2D eigenvalue weighted by atomic mass is 35.5. The molecule has 3 atom stereocenters. The number of hydrogen-bond acceptors (Lipinski definition) is 3. The molecule has 0 radical (unpaired) electrons. The second-order valence-corrected chi connectivity index (χ2v) is 6.44. The van der Waals surface area contributed by atoms with Crippen LogP contribution >= 0.6 is 12.4 Å². The molecule has 2 aliphatic rings. The fraction of sp³-hybridized carbons (Fsp3) is 0.471. The highest BCUT2D eigenvalue weighted by molar-refractivity contribution is 6.04. The lowest BCUT2D eigenvalue weighted by Gasteiger charge is -2.35. The molecule has 2 bridgehead atoms. The number of nitrogens with zero attached hydrogens (tertiary/aromatic N) is 1. The summed E-state index contributed by atoms with van der Waals surface area (Å²) in [4.78, 5) is 17.8. The van der Waals surface area contributed by atoms with Gasteiger partial charge in [-0.15, -0.1) is 12.4 Å². The molecule has 23 heavy (non-hydrogen) atoms. The van der Waals surface area contributed by atoms with Gasteiger partial charge < -0.3 is 14.6 Å². The van der Waals surface area contributed by atoms with Crippen molar-refractivity contribution < 1.29 is 13.9 Å². The van der Waals surface area contributed by atoms with E-state index in [1.165, 1.54) is 25.0 Å². The van der Waals surface area contributed by atoms with Crippen molar-refractivity contribution in [2.45, 2.75) is 43.9 Å². The summed E-state index contributed by atoms with van der Waals surface area (Å²) in [7, 11) is 2.16. The summed E-state index contributed by atoms with van der Waals surface area (Å²) >= 11 is 0. The third-order valence-corrected chi connectivity index (χ3v) is 5.19. The molecule has 1 N–H and O–H groups in total. The molecule has 0 unspecified atom stereocenters. The van der Waals surface area contributed by atoms with Crippen LogP contribution in [-0.2, 0) is 4.74 Å². The number of H-pyrrole nitrogens is 1. The van der Waals surface area contributed by atoms with Crippen molar-refractivity contribution in [3.63, 3.8) is 0 Å². The molecular formula is C17H20ClFN2O2. The number of piperidine rings is 1. The molecule has 2 aliphatic heterocycles. The van der Waals surface area contributed by atoms with E-state index in [1.54, 1.807) is 12.3 Å². The van der Waals surface area contributed by atoms with Gasteiger partial charge in [0, 0.05) is 42.0 Å². The summed E-state index contributed by atoms with van der Waals surface area (Å²) in [6.07, 6.45) is 5.82. The summed E-state index contributed by atoms with van der Waals surface area (Å²) in [6, 6.07) is 5.45. The maximum Gasteiger partial charge on any atom is 0.340 e. The molecule has 1 aromatic carbocycles. The van der Waals surface area contributed by atoms with Gasteiger partial charge in [0.25, 0.3) is 0 Å². The smallest absolute Gasteiger partial charge is 0.340 e.